The van der Waals surface area contributed by atoms with Crippen molar-refractivity contribution in [1.82, 2.24) is 20.2 Å². The Balaban J connectivity index is 2.03. The van der Waals surface area contributed by atoms with E-state index in [2.05, 4.69) is 56.6 Å². The number of ether oxygens (including phenoxy) is 1. The molecule has 1 fully saturated rings. The van der Waals surface area contributed by atoms with Crippen LogP contribution in [0.5, 0.6) is 0 Å². The lowest BCUT2D eigenvalue weighted by Gasteiger charge is -2.28. The molecule has 1 saturated heterocycles. The zero-order chi connectivity index (χ0) is 18.8. The molecular formula is C18H21IN4O2S. The summed E-state index contributed by atoms with van der Waals surface area (Å²) in [5.41, 5.74) is 4.35. The predicted octanol–water partition coefficient (Wildman–Crippen LogP) is 3.17. The minimum atomic E-state index is -0.246. The third kappa shape index (κ3) is 3.57. The highest BCUT2D eigenvalue weighted by Gasteiger charge is 2.42. The number of nitrogens with zero attached hydrogens (tertiary/aromatic N) is 2. The van der Waals surface area contributed by atoms with Gasteiger partial charge in [-0.3, -0.25) is 9.78 Å². The van der Waals surface area contributed by atoms with E-state index in [0.717, 1.165) is 17.1 Å². The van der Waals surface area contributed by atoms with Crippen molar-refractivity contribution in [3.05, 3.63) is 50.6 Å². The zero-order valence-electron chi connectivity index (χ0n) is 14.9. The van der Waals surface area contributed by atoms with Gasteiger partial charge in [0.1, 0.15) is 0 Å². The third-order valence-electron chi connectivity index (χ3n) is 4.62. The molecule has 0 aliphatic carbocycles. The van der Waals surface area contributed by atoms with E-state index in [1.807, 2.05) is 18.2 Å². The molecule has 0 aromatic carbocycles. The van der Waals surface area contributed by atoms with E-state index in [-0.39, 0.29) is 24.5 Å². The maximum absolute atomic E-state index is 11.7. The Hall–Kier alpha value is -1.68. The minimum absolute atomic E-state index is 0.0427. The number of carbonyl (C=O) groups excluding carboxylic acids is 1. The van der Waals surface area contributed by atoms with Gasteiger partial charge in [0, 0.05) is 33.3 Å². The fourth-order valence-electron chi connectivity index (χ4n) is 3.40. The zero-order valence-corrected chi connectivity index (χ0v) is 17.8. The molecule has 2 aromatic heterocycles. The number of hydrogen-bond donors (Lipinski definition) is 2. The molecule has 3 heterocycles. The Morgan fingerprint density at radius 3 is 2.73 bits per heavy atom. The van der Waals surface area contributed by atoms with Crippen LogP contribution in [0.25, 0.3) is 0 Å². The smallest absolute Gasteiger partial charge is 0.307 e. The first-order valence-electron chi connectivity index (χ1n) is 8.33. The van der Waals surface area contributed by atoms with Crippen molar-refractivity contribution in [2.45, 2.75) is 32.4 Å². The molecule has 26 heavy (non-hydrogen) atoms. The number of pyridine rings is 1. The van der Waals surface area contributed by atoms with Crippen LogP contribution in [-0.4, -0.2) is 39.6 Å². The molecule has 6 nitrogen and oxygen atoms in total. The van der Waals surface area contributed by atoms with Crippen LogP contribution in [0, 0.1) is 17.4 Å². The maximum atomic E-state index is 11.7. The minimum Gasteiger partial charge on any atom is -0.469 e. The van der Waals surface area contributed by atoms with Crippen LogP contribution in [0.1, 0.15) is 41.1 Å². The molecule has 2 atom stereocenters. The van der Waals surface area contributed by atoms with Crippen LogP contribution < -0.4 is 5.32 Å². The van der Waals surface area contributed by atoms with Gasteiger partial charge in [0.25, 0.3) is 0 Å². The molecule has 0 spiro atoms. The van der Waals surface area contributed by atoms with Gasteiger partial charge in [-0.05, 0) is 60.8 Å². The quantitative estimate of drug-likeness (QED) is 0.386. The van der Waals surface area contributed by atoms with Gasteiger partial charge in [0.2, 0.25) is 0 Å². The summed E-state index contributed by atoms with van der Waals surface area (Å²) in [4.78, 5) is 21.7. The first-order valence-corrected chi connectivity index (χ1v) is 9.82. The molecule has 0 radical (unpaired) electrons. The summed E-state index contributed by atoms with van der Waals surface area (Å²) in [6.45, 7) is 4.62. The van der Waals surface area contributed by atoms with E-state index >= 15 is 0 Å². The van der Waals surface area contributed by atoms with Gasteiger partial charge in [-0.1, -0.05) is 6.07 Å². The van der Waals surface area contributed by atoms with Crippen molar-refractivity contribution >= 4 is 45.9 Å². The summed E-state index contributed by atoms with van der Waals surface area (Å²) < 4.78 is 5.98. The summed E-state index contributed by atoms with van der Waals surface area (Å²) in [7, 11) is 1.40. The summed E-state index contributed by atoms with van der Waals surface area (Å²) in [5, 5.41) is 4.03. The average molecular weight is 484 g/mol. The number of thiocarbonyl (C=S) groups is 1. The standard InChI is InChI=1S/C18H21IN4O2S/c1-10-14(15(19)11(2)21-10)17-16(12-6-4-5-8-20-12)22-18(26)23(17)9-7-13(24)25-3/h4-6,8,16-17,21H,7,9H2,1-3H3,(H,22,26). The monoisotopic (exact) mass is 484 g/mol. The van der Waals surface area contributed by atoms with Crippen molar-refractivity contribution in [2.75, 3.05) is 13.7 Å². The lowest BCUT2D eigenvalue weighted by molar-refractivity contribution is -0.140. The Labute approximate surface area is 171 Å². The van der Waals surface area contributed by atoms with E-state index in [1.54, 1.807) is 6.20 Å². The van der Waals surface area contributed by atoms with Crippen LogP contribution in [0.2, 0.25) is 0 Å². The van der Waals surface area contributed by atoms with Gasteiger partial charge in [-0.15, -0.1) is 0 Å². The number of esters is 1. The molecule has 1 aliphatic heterocycles. The third-order valence-corrected chi connectivity index (χ3v) is 6.37. The van der Waals surface area contributed by atoms with Crippen LogP contribution in [0.4, 0.5) is 0 Å². The van der Waals surface area contributed by atoms with Crippen molar-refractivity contribution in [3.63, 3.8) is 0 Å². The molecule has 1 aliphatic rings. The second-order valence-corrected chi connectivity index (χ2v) is 7.71. The Morgan fingerprint density at radius 2 is 2.15 bits per heavy atom. The van der Waals surface area contributed by atoms with Crippen molar-refractivity contribution in [2.24, 2.45) is 0 Å². The topological polar surface area (TPSA) is 70.2 Å². The number of hydrogen-bond acceptors (Lipinski definition) is 4. The van der Waals surface area contributed by atoms with E-state index in [1.165, 1.54) is 16.2 Å². The highest BCUT2D eigenvalue weighted by molar-refractivity contribution is 14.1. The molecule has 0 bridgehead atoms. The number of aromatic amines is 1. The number of carbonyl (C=O) groups is 1. The summed E-state index contributed by atoms with van der Waals surface area (Å²) in [6.07, 6.45) is 2.07. The number of methoxy groups -OCH3 is 1. The second-order valence-electron chi connectivity index (χ2n) is 6.25. The lowest BCUT2D eigenvalue weighted by atomic mass is 9.96. The second kappa shape index (κ2) is 7.91. The fraction of sp³-hybridized carbons (Fsp3) is 0.389. The van der Waals surface area contributed by atoms with Gasteiger partial charge < -0.3 is 19.9 Å². The van der Waals surface area contributed by atoms with Gasteiger partial charge in [-0.25, -0.2) is 0 Å². The van der Waals surface area contributed by atoms with E-state index in [0.29, 0.717) is 11.7 Å². The van der Waals surface area contributed by atoms with Crippen molar-refractivity contribution in [1.29, 1.82) is 0 Å². The summed E-state index contributed by atoms with van der Waals surface area (Å²) in [5.74, 6) is -0.246. The number of aryl methyl sites for hydroxylation is 2. The predicted molar refractivity (Wildman–Crippen MR) is 112 cm³/mol. The average Bonchev–Trinajstić information content (AvgIpc) is 3.09. The first-order chi connectivity index (χ1) is 12.4. The van der Waals surface area contributed by atoms with Crippen molar-refractivity contribution < 1.29 is 9.53 Å². The molecule has 3 rings (SSSR count). The molecule has 8 heteroatoms. The van der Waals surface area contributed by atoms with Crippen LogP contribution in [-0.2, 0) is 9.53 Å². The molecule has 2 N–H and O–H groups in total. The van der Waals surface area contributed by atoms with Crippen LogP contribution in [0.3, 0.4) is 0 Å². The molecule has 2 aromatic rings. The maximum Gasteiger partial charge on any atom is 0.307 e. The van der Waals surface area contributed by atoms with E-state index < -0.39 is 0 Å². The number of nitrogens with one attached hydrogen (secondary N) is 2. The highest BCUT2D eigenvalue weighted by atomic mass is 127. The first kappa shape index (κ1) is 19.1. The number of H-pyrrole nitrogens is 1. The highest BCUT2D eigenvalue weighted by Crippen LogP contribution is 2.42. The van der Waals surface area contributed by atoms with Crippen LogP contribution in [0.15, 0.2) is 24.4 Å². The summed E-state index contributed by atoms with van der Waals surface area (Å²) >= 11 is 7.97. The number of halogens is 1. The molecule has 0 saturated carbocycles. The fourth-order valence-corrected chi connectivity index (χ4v) is 4.59. The van der Waals surface area contributed by atoms with Crippen molar-refractivity contribution in [3.8, 4) is 0 Å². The van der Waals surface area contributed by atoms with E-state index in [4.69, 9.17) is 17.0 Å². The van der Waals surface area contributed by atoms with Gasteiger partial charge >= 0.3 is 5.97 Å². The Morgan fingerprint density at radius 1 is 1.38 bits per heavy atom. The van der Waals surface area contributed by atoms with E-state index in [9.17, 15) is 4.79 Å². The molecule has 138 valence electrons. The normalized spacial score (nSPS) is 19.5. The van der Waals surface area contributed by atoms with Gasteiger partial charge in [0.05, 0.1) is 31.3 Å². The molecule has 2 unspecified atom stereocenters. The molecular weight excluding hydrogens is 463 g/mol. The summed E-state index contributed by atoms with van der Waals surface area (Å²) in [6, 6.07) is 5.75. The van der Waals surface area contributed by atoms with Gasteiger partial charge in [0.15, 0.2) is 5.11 Å². The number of rotatable bonds is 5. The van der Waals surface area contributed by atoms with Gasteiger partial charge in [-0.2, -0.15) is 0 Å². The number of aromatic nitrogens is 2. The Bertz CT molecular complexity index is 824. The lowest BCUT2D eigenvalue weighted by Crippen LogP contribution is -2.32. The molecule has 0 amide bonds. The Kier molecular flexibility index (Phi) is 5.81. The largest absolute Gasteiger partial charge is 0.469 e. The van der Waals surface area contributed by atoms with Crippen LogP contribution >= 0.6 is 34.8 Å². The SMILES string of the molecule is COC(=O)CCN1C(=S)NC(c2ccccn2)C1c1c(C)[nH]c(C)c1I.